The highest BCUT2D eigenvalue weighted by Crippen LogP contribution is 2.31. The van der Waals surface area contributed by atoms with Crippen LogP contribution in [0, 0.1) is 0 Å². The van der Waals surface area contributed by atoms with Gasteiger partial charge < -0.3 is 30.5 Å². The molecular formula is C18H19N3O5. The Morgan fingerprint density at radius 2 is 1.69 bits per heavy atom. The van der Waals surface area contributed by atoms with E-state index in [4.69, 9.17) is 4.74 Å². The van der Waals surface area contributed by atoms with Gasteiger partial charge in [-0.2, -0.15) is 0 Å². The van der Waals surface area contributed by atoms with Crippen LogP contribution in [-0.4, -0.2) is 67.6 Å². The van der Waals surface area contributed by atoms with Crippen LogP contribution in [0.1, 0.15) is 0 Å². The highest BCUT2D eigenvalue weighted by atomic mass is 16.6. The Hall–Kier alpha value is -2.36. The molecule has 8 heteroatoms. The zero-order valence-electron chi connectivity index (χ0n) is 13.7. The quantitative estimate of drug-likeness (QED) is 0.414. The number of nitrogens with zero attached hydrogens (tertiary/aromatic N) is 2. The van der Waals surface area contributed by atoms with Crippen LogP contribution in [0.15, 0.2) is 42.7 Å². The maximum Gasteiger partial charge on any atom is 0.157 e. The predicted octanol–water partition coefficient (Wildman–Crippen LogP) is -0.00520. The Labute approximate surface area is 148 Å². The van der Waals surface area contributed by atoms with Gasteiger partial charge in [0.15, 0.2) is 6.23 Å². The fourth-order valence-electron chi connectivity index (χ4n) is 3.27. The third-order valence-corrected chi connectivity index (χ3v) is 4.65. The molecule has 0 radical (unpaired) electrons. The molecule has 3 aromatic rings. The van der Waals surface area contributed by atoms with Crippen LogP contribution in [-0.2, 0) is 4.74 Å². The number of hydrogen-bond donors (Lipinski definition) is 5. The van der Waals surface area contributed by atoms with E-state index in [1.54, 1.807) is 18.5 Å². The number of hydrogen-bond acceptors (Lipinski definition) is 8. The lowest BCUT2D eigenvalue weighted by atomic mass is 9.98. The van der Waals surface area contributed by atoms with Crippen LogP contribution < -0.4 is 5.32 Å². The zero-order valence-corrected chi connectivity index (χ0v) is 13.7. The molecule has 0 saturated carbocycles. The van der Waals surface area contributed by atoms with Gasteiger partial charge in [-0.05, 0) is 24.3 Å². The van der Waals surface area contributed by atoms with Crippen molar-refractivity contribution in [2.24, 2.45) is 0 Å². The molecule has 1 saturated heterocycles. The molecule has 0 amide bonds. The molecule has 8 nitrogen and oxygen atoms in total. The highest BCUT2D eigenvalue weighted by Gasteiger charge is 2.43. The first kappa shape index (κ1) is 17.1. The Morgan fingerprint density at radius 1 is 0.962 bits per heavy atom. The van der Waals surface area contributed by atoms with Gasteiger partial charge in [0.2, 0.25) is 0 Å². The van der Waals surface area contributed by atoms with E-state index in [0.717, 1.165) is 16.3 Å². The van der Waals surface area contributed by atoms with Gasteiger partial charge in [0, 0.05) is 28.9 Å². The van der Waals surface area contributed by atoms with Crippen molar-refractivity contribution in [3.8, 4) is 0 Å². The number of aliphatic hydroxyl groups excluding tert-OH is 4. The molecule has 1 aliphatic heterocycles. The first-order valence-electron chi connectivity index (χ1n) is 8.29. The van der Waals surface area contributed by atoms with Gasteiger partial charge >= 0.3 is 0 Å². The molecule has 0 unspecified atom stereocenters. The van der Waals surface area contributed by atoms with Crippen LogP contribution in [0.4, 0.5) is 5.69 Å². The maximum atomic E-state index is 10.3. The van der Waals surface area contributed by atoms with Crippen molar-refractivity contribution in [1.82, 2.24) is 9.97 Å². The van der Waals surface area contributed by atoms with Crippen molar-refractivity contribution in [3.05, 3.63) is 42.7 Å². The second-order valence-electron chi connectivity index (χ2n) is 6.29. The van der Waals surface area contributed by atoms with Gasteiger partial charge in [0.1, 0.15) is 24.4 Å². The molecule has 26 heavy (non-hydrogen) atoms. The fraction of sp³-hybridized carbons (Fsp3) is 0.333. The van der Waals surface area contributed by atoms with Crippen LogP contribution >= 0.6 is 0 Å². The van der Waals surface area contributed by atoms with E-state index in [2.05, 4.69) is 15.3 Å². The van der Waals surface area contributed by atoms with Gasteiger partial charge in [-0.15, -0.1) is 0 Å². The van der Waals surface area contributed by atoms with Gasteiger partial charge in [-0.3, -0.25) is 9.97 Å². The third kappa shape index (κ3) is 2.77. The van der Waals surface area contributed by atoms with E-state index < -0.39 is 37.3 Å². The summed E-state index contributed by atoms with van der Waals surface area (Å²) in [7, 11) is 0. The van der Waals surface area contributed by atoms with Crippen molar-refractivity contribution in [3.63, 3.8) is 0 Å². The third-order valence-electron chi connectivity index (χ3n) is 4.65. The summed E-state index contributed by atoms with van der Waals surface area (Å²) in [4.78, 5) is 8.79. The summed E-state index contributed by atoms with van der Waals surface area (Å²) in [5, 5.41) is 44.2. The summed E-state index contributed by atoms with van der Waals surface area (Å²) in [6.45, 7) is -0.479. The summed E-state index contributed by atoms with van der Waals surface area (Å²) in [5.74, 6) is 0. The van der Waals surface area contributed by atoms with Crippen molar-refractivity contribution in [2.45, 2.75) is 30.6 Å². The van der Waals surface area contributed by atoms with Crippen molar-refractivity contribution < 1.29 is 25.2 Å². The van der Waals surface area contributed by atoms with E-state index in [0.29, 0.717) is 11.2 Å². The lowest BCUT2D eigenvalue weighted by Crippen LogP contribution is -2.60. The number of rotatable bonds is 3. The number of ether oxygens (including phenoxy) is 1. The smallest absolute Gasteiger partial charge is 0.157 e. The number of fused-ring (bicyclic) bond motifs is 3. The predicted molar refractivity (Wildman–Crippen MR) is 94.4 cm³/mol. The van der Waals surface area contributed by atoms with Crippen molar-refractivity contribution in [2.75, 3.05) is 11.9 Å². The minimum atomic E-state index is -1.44. The molecule has 0 spiro atoms. The molecule has 1 aromatic carbocycles. The molecule has 1 aliphatic rings. The number of aliphatic hydroxyl groups is 4. The monoisotopic (exact) mass is 357 g/mol. The summed E-state index contributed by atoms with van der Waals surface area (Å²) in [5.41, 5.74) is 2.08. The second kappa shape index (κ2) is 6.75. The standard InChI is InChI=1S/C18H19N3O5/c22-8-12-15(23)16(24)17(25)18(26-12)21-11-7-9-3-1-5-19-13(9)14-10(11)4-2-6-20-14/h1-7,12,15-18,21-25H,8H2/t12-,15-,16+,17-,18-/m1/s1. The summed E-state index contributed by atoms with van der Waals surface area (Å²) < 4.78 is 5.54. The Balaban J connectivity index is 1.76. The second-order valence-corrected chi connectivity index (χ2v) is 6.29. The van der Waals surface area contributed by atoms with Crippen LogP contribution in [0.25, 0.3) is 21.8 Å². The normalized spacial score (nSPS) is 29.2. The number of aromatic nitrogens is 2. The Bertz CT molecular complexity index is 935. The van der Waals surface area contributed by atoms with Crippen LogP contribution in [0.2, 0.25) is 0 Å². The van der Waals surface area contributed by atoms with E-state index in [1.807, 2.05) is 24.3 Å². The van der Waals surface area contributed by atoms with Crippen molar-refractivity contribution in [1.29, 1.82) is 0 Å². The summed E-state index contributed by atoms with van der Waals surface area (Å²) in [6, 6.07) is 9.22. The molecule has 2 aromatic heterocycles. The molecular weight excluding hydrogens is 338 g/mol. The summed E-state index contributed by atoms with van der Waals surface area (Å²) in [6.07, 6.45) is -2.82. The Kier molecular flexibility index (Phi) is 4.43. The molecule has 3 heterocycles. The molecule has 5 atom stereocenters. The van der Waals surface area contributed by atoms with E-state index >= 15 is 0 Å². The van der Waals surface area contributed by atoms with Crippen LogP contribution in [0.5, 0.6) is 0 Å². The fourth-order valence-corrected chi connectivity index (χ4v) is 3.27. The topological polar surface area (TPSA) is 128 Å². The molecule has 0 aliphatic carbocycles. The average Bonchev–Trinajstić information content (AvgIpc) is 2.68. The molecule has 1 fully saturated rings. The molecule has 0 bridgehead atoms. The van der Waals surface area contributed by atoms with Crippen LogP contribution in [0.3, 0.4) is 0 Å². The number of nitrogens with one attached hydrogen (secondary N) is 1. The minimum Gasteiger partial charge on any atom is -0.394 e. The minimum absolute atomic E-state index is 0.479. The van der Waals surface area contributed by atoms with E-state index in [9.17, 15) is 20.4 Å². The molecule has 136 valence electrons. The number of pyridine rings is 2. The van der Waals surface area contributed by atoms with Crippen molar-refractivity contribution >= 4 is 27.5 Å². The van der Waals surface area contributed by atoms with Gasteiger partial charge in [-0.25, -0.2) is 0 Å². The zero-order chi connectivity index (χ0) is 18.3. The Morgan fingerprint density at radius 3 is 2.46 bits per heavy atom. The summed E-state index contributed by atoms with van der Waals surface area (Å²) >= 11 is 0. The SMILES string of the molecule is OC[C@H]1O[C@@H](Nc2cc3cccnc3c3ncccc23)[C@H](O)[C@@H](O)[C@@H]1O. The lowest BCUT2D eigenvalue weighted by Gasteiger charge is -2.40. The first-order chi connectivity index (χ1) is 12.6. The van der Waals surface area contributed by atoms with Gasteiger partial charge in [-0.1, -0.05) is 6.07 Å². The lowest BCUT2D eigenvalue weighted by molar-refractivity contribution is -0.221. The largest absolute Gasteiger partial charge is 0.394 e. The average molecular weight is 357 g/mol. The van der Waals surface area contributed by atoms with E-state index in [-0.39, 0.29) is 0 Å². The van der Waals surface area contributed by atoms with Gasteiger partial charge in [0.05, 0.1) is 17.6 Å². The first-order valence-corrected chi connectivity index (χ1v) is 8.29. The maximum absolute atomic E-state index is 10.3. The number of anilines is 1. The van der Waals surface area contributed by atoms with E-state index in [1.165, 1.54) is 0 Å². The number of benzene rings is 1. The van der Waals surface area contributed by atoms with Gasteiger partial charge in [0.25, 0.3) is 0 Å². The molecule has 5 N–H and O–H groups in total. The molecule has 4 rings (SSSR count). The highest BCUT2D eigenvalue weighted by molar-refractivity contribution is 6.08.